The highest BCUT2D eigenvalue weighted by Gasteiger charge is 2.09. The predicted molar refractivity (Wildman–Crippen MR) is 71.9 cm³/mol. The summed E-state index contributed by atoms with van der Waals surface area (Å²) in [7, 11) is 0. The van der Waals surface area contributed by atoms with E-state index in [0.717, 1.165) is 0 Å². The molecule has 0 spiro atoms. The number of rotatable bonds is 5. The van der Waals surface area contributed by atoms with Crippen molar-refractivity contribution in [3.63, 3.8) is 0 Å². The summed E-state index contributed by atoms with van der Waals surface area (Å²) in [5.74, 6) is 1.09. The zero-order valence-corrected chi connectivity index (χ0v) is 10.7. The zero-order chi connectivity index (χ0) is 13.7. The Hall–Kier alpha value is -2.43. The van der Waals surface area contributed by atoms with Gasteiger partial charge in [0.25, 0.3) is 5.91 Å². The summed E-state index contributed by atoms with van der Waals surface area (Å²) < 4.78 is 10.5. The summed E-state index contributed by atoms with van der Waals surface area (Å²) in [5, 5.41) is 2.75. The van der Waals surface area contributed by atoms with Crippen LogP contribution in [0.5, 0.6) is 5.75 Å². The van der Waals surface area contributed by atoms with Gasteiger partial charge in [-0.25, -0.2) is 0 Å². The summed E-state index contributed by atoms with van der Waals surface area (Å²) in [5.41, 5.74) is 6.76. The first-order valence-corrected chi connectivity index (χ1v) is 6.03. The van der Waals surface area contributed by atoms with Crippen molar-refractivity contribution in [2.45, 2.75) is 13.5 Å². The maximum atomic E-state index is 11.9. The molecule has 19 heavy (non-hydrogen) atoms. The normalized spacial score (nSPS) is 10.2. The van der Waals surface area contributed by atoms with Crippen molar-refractivity contribution >= 4 is 11.6 Å². The van der Waals surface area contributed by atoms with E-state index < -0.39 is 0 Å². The largest absolute Gasteiger partial charge is 0.492 e. The van der Waals surface area contributed by atoms with Crippen molar-refractivity contribution in [1.29, 1.82) is 0 Å². The van der Waals surface area contributed by atoms with Crippen LogP contribution in [-0.4, -0.2) is 12.5 Å². The Morgan fingerprint density at radius 2 is 2.26 bits per heavy atom. The third kappa shape index (κ3) is 3.28. The molecule has 0 radical (unpaired) electrons. The van der Waals surface area contributed by atoms with Crippen LogP contribution in [0.2, 0.25) is 0 Å². The van der Waals surface area contributed by atoms with Crippen LogP contribution in [0.1, 0.15) is 23.0 Å². The summed E-state index contributed by atoms with van der Waals surface area (Å²) in [6.07, 6.45) is 1.57. The first-order chi connectivity index (χ1) is 9.20. The van der Waals surface area contributed by atoms with Crippen molar-refractivity contribution in [2.24, 2.45) is 0 Å². The van der Waals surface area contributed by atoms with E-state index >= 15 is 0 Å². The van der Waals surface area contributed by atoms with Gasteiger partial charge in [-0.1, -0.05) is 0 Å². The number of furan rings is 1. The molecule has 2 aromatic rings. The Morgan fingerprint density at radius 1 is 1.42 bits per heavy atom. The smallest absolute Gasteiger partial charge is 0.251 e. The third-order valence-electron chi connectivity index (χ3n) is 2.58. The molecule has 0 bridgehead atoms. The molecule has 5 heteroatoms. The number of carbonyl (C=O) groups excluding carboxylic acids is 1. The second-order valence-corrected chi connectivity index (χ2v) is 3.95. The monoisotopic (exact) mass is 260 g/mol. The molecular weight excluding hydrogens is 244 g/mol. The Labute approximate surface area is 111 Å². The molecule has 100 valence electrons. The number of nitrogens with two attached hydrogens (primary N) is 1. The maximum Gasteiger partial charge on any atom is 0.251 e. The van der Waals surface area contributed by atoms with Crippen molar-refractivity contribution in [3.8, 4) is 5.75 Å². The van der Waals surface area contributed by atoms with Crippen LogP contribution in [0, 0.1) is 0 Å². The molecule has 0 unspecified atom stereocenters. The molecule has 0 aliphatic heterocycles. The minimum absolute atomic E-state index is 0.203. The van der Waals surface area contributed by atoms with Gasteiger partial charge in [0.05, 0.1) is 25.1 Å². The molecule has 5 nitrogen and oxygen atoms in total. The fourth-order valence-electron chi connectivity index (χ4n) is 1.66. The molecule has 2 rings (SSSR count). The summed E-state index contributed by atoms with van der Waals surface area (Å²) >= 11 is 0. The maximum absolute atomic E-state index is 11.9. The van der Waals surface area contributed by atoms with Gasteiger partial charge in [-0.2, -0.15) is 0 Å². The van der Waals surface area contributed by atoms with E-state index in [0.29, 0.717) is 35.9 Å². The van der Waals surface area contributed by atoms with E-state index in [-0.39, 0.29) is 5.91 Å². The van der Waals surface area contributed by atoms with Gasteiger partial charge in [-0.15, -0.1) is 0 Å². The van der Waals surface area contributed by atoms with E-state index in [4.69, 9.17) is 14.9 Å². The molecule has 0 aliphatic rings. The molecule has 0 saturated heterocycles. The van der Waals surface area contributed by atoms with Gasteiger partial charge in [0.15, 0.2) is 0 Å². The molecule has 1 heterocycles. The Morgan fingerprint density at radius 3 is 2.89 bits per heavy atom. The Kier molecular flexibility index (Phi) is 4.07. The highest BCUT2D eigenvalue weighted by Crippen LogP contribution is 2.22. The third-order valence-corrected chi connectivity index (χ3v) is 2.58. The standard InChI is InChI=1S/C14H16N2O3/c1-2-18-13-6-5-10(8-12(13)15)14(17)16-9-11-4-3-7-19-11/h3-8H,2,9,15H2,1H3,(H,16,17). The van der Waals surface area contributed by atoms with E-state index in [9.17, 15) is 4.79 Å². The SMILES string of the molecule is CCOc1ccc(C(=O)NCc2ccco2)cc1N. The number of nitrogen functional groups attached to an aromatic ring is 1. The van der Waals surface area contributed by atoms with Gasteiger partial charge in [0.1, 0.15) is 11.5 Å². The minimum Gasteiger partial charge on any atom is -0.492 e. The van der Waals surface area contributed by atoms with Gasteiger partial charge in [0.2, 0.25) is 0 Å². The first kappa shape index (κ1) is 13.0. The minimum atomic E-state index is -0.203. The van der Waals surface area contributed by atoms with Crippen LogP contribution in [0.3, 0.4) is 0 Å². The van der Waals surface area contributed by atoms with Gasteiger partial charge in [-0.05, 0) is 37.3 Å². The fourth-order valence-corrected chi connectivity index (χ4v) is 1.66. The lowest BCUT2D eigenvalue weighted by Gasteiger charge is -2.09. The van der Waals surface area contributed by atoms with E-state index in [1.165, 1.54) is 0 Å². The average Bonchev–Trinajstić information content (AvgIpc) is 2.91. The Balaban J connectivity index is 2.01. The van der Waals surface area contributed by atoms with Crippen LogP contribution in [0.4, 0.5) is 5.69 Å². The summed E-state index contributed by atoms with van der Waals surface area (Å²) in [6.45, 7) is 2.76. The van der Waals surface area contributed by atoms with Crippen LogP contribution in [0.15, 0.2) is 41.0 Å². The lowest BCUT2D eigenvalue weighted by Crippen LogP contribution is -2.22. The van der Waals surface area contributed by atoms with E-state index in [1.54, 1.807) is 36.6 Å². The van der Waals surface area contributed by atoms with E-state index in [1.807, 2.05) is 6.92 Å². The number of ether oxygens (including phenoxy) is 1. The highest BCUT2D eigenvalue weighted by atomic mass is 16.5. The molecule has 0 aliphatic carbocycles. The second-order valence-electron chi connectivity index (χ2n) is 3.95. The van der Waals surface area contributed by atoms with Crippen molar-refractivity contribution in [2.75, 3.05) is 12.3 Å². The van der Waals surface area contributed by atoms with Gasteiger partial charge in [0, 0.05) is 5.56 Å². The number of benzene rings is 1. The average molecular weight is 260 g/mol. The summed E-state index contributed by atoms with van der Waals surface area (Å²) in [6, 6.07) is 8.55. The van der Waals surface area contributed by atoms with Gasteiger partial charge >= 0.3 is 0 Å². The topological polar surface area (TPSA) is 77.5 Å². The Bertz CT molecular complexity index is 550. The van der Waals surface area contributed by atoms with E-state index in [2.05, 4.69) is 5.32 Å². The summed E-state index contributed by atoms with van der Waals surface area (Å²) in [4.78, 5) is 11.9. The number of nitrogens with one attached hydrogen (secondary N) is 1. The molecule has 3 N–H and O–H groups in total. The number of amides is 1. The lowest BCUT2D eigenvalue weighted by molar-refractivity contribution is 0.0948. The van der Waals surface area contributed by atoms with Crippen LogP contribution in [-0.2, 0) is 6.54 Å². The second kappa shape index (κ2) is 5.95. The molecule has 0 atom stereocenters. The van der Waals surface area contributed by atoms with Crippen LogP contribution < -0.4 is 15.8 Å². The number of hydrogen-bond donors (Lipinski definition) is 2. The van der Waals surface area contributed by atoms with Gasteiger partial charge < -0.3 is 20.2 Å². The van der Waals surface area contributed by atoms with Crippen molar-refractivity contribution in [1.82, 2.24) is 5.32 Å². The van der Waals surface area contributed by atoms with Gasteiger partial charge in [-0.3, -0.25) is 4.79 Å². The quantitative estimate of drug-likeness (QED) is 0.808. The number of hydrogen-bond acceptors (Lipinski definition) is 4. The molecule has 0 saturated carbocycles. The molecule has 1 amide bonds. The molecular formula is C14H16N2O3. The van der Waals surface area contributed by atoms with Crippen molar-refractivity contribution < 1.29 is 13.9 Å². The lowest BCUT2D eigenvalue weighted by atomic mass is 10.1. The fraction of sp³-hybridized carbons (Fsp3) is 0.214. The predicted octanol–water partition coefficient (Wildman–Crippen LogP) is 2.19. The molecule has 1 aromatic heterocycles. The van der Waals surface area contributed by atoms with Crippen LogP contribution in [0.25, 0.3) is 0 Å². The van der Waals surface area contributed by atoms with Crippen LogP contribution >= 0.6 is 0 Å². The number of anilines is 1. The zero-order valence-electron chi connectivity index (χ0n) is 10.7. The first-order valence-electron chi connectivity index (χ1n) is 6.03. The molecule has 1 aromatic carbocycles. The number of carbonyl (C=O) groups is 1. The molecule has 0 fully saturated rings. The highest BCUT2D eigenvalue weighted by molar-refractivity contribution is 5.95. The van der Waals surface area contributed by atoms with Crippen molar-refractivity contribution in [3.05, 3.63) is 47.9 Å².